The van der Waals surface area contributed by atoms with E-state index in [4.69, 9.17) is 15.6 Å². The normalized spacial score (nSPS) is 22.9. The van der Waals surface area contributed by atoms with Crippen LogP contribution in [0.3, 0.4) is 0 Å². The van der Waals surface area contributed by atoms with E-state index in [-0.39, 0.29) is 18.4 Å². The molecule has 1 fully saturated rings. The number of carboxylic acid groups (broad SMARTS) is 1. The first-order valence-electron chi connectivity index (χ1n) is 5.92. The number of nitrogens with two attached hydrogens (primary N) is 1. The van der Waals surface area contributed by atoms with Crippen molar-refractivity contribution >= 4 is 11.9 Å². The van der Waals surface area contributed by atoms with Crippen LogP contribution in [0.5, 0.6) is 0 Å². The summed E-state index contributed by atoms with van der Waals surface area (Å²) < 4.78 is 5.54. The second-order valence-corrected chi connectivity index (χ2v) is 4.24. The summed E-state index contributed by atoms with van der Waals surface area (Å²) in [5.74, 6) is -1.35. The molecule has 98 valence electrons. The molecule has 0 saturated carbocycles. The van der Waals surface area contributed by atoms with Gasteiger partial charge in [0, 0.05) is 19.7 Å². The van der Waals surface area contributed by atoms with E-state index >= 15 is 0 Å². The van der Waals surface area contributed by atoms with E-state index in [1.165, 1.54) is 0 Å². The van der Waals surface area contributed by atoms with Crippen molar-refractivity contribution in [2.75, 3.05) is 19.7 Å². The molecule has 1 aliphatic rings. The third-order valence-electron chi connectivity index (χ3n) is 2.83. The number of carbonyl (C=O) groups excluding carboxylic acids is 1. The van der Waals surface area contributed by atoms with Crippen LogP contribution in [0, 0.1) is 0 Å². The minimum absolute atomic E-state index is 0.0264. The largest absolute Gasteiger partial charge is 0.481 e. The van der Waals surface area contributed by atoms with Gasteiger partial charge in [-0.2, -0.15) is 0 Å². The lowest BCUT2D eigenvalue weighted by Crippen LogP contribution is -2.47. The maximum absolute atomic E-state index is 11.9. The molecule has 0 aromatic heterocycles. The molecule has 1 amide bonds. The highest BCUT2D eigenvalue weighted by Crippen LogP contribution is 2.10. The second-order valence-electron chi connectivity index (χ2n) is 4.24. The van der Waals surface area contributed by atoms with Crippen LogP contribution in [0.25, 0.3) is 0 Å². The fraction of sp³-hybridized carbons (Fsp3) is 0.818. The lowest BCUT2D eigenvalue weighted by Gasteiger charge is -2.25. The molecule has 6 nitrogen and oxygen atoms in total. The quantitative estimate of drug-likeness (QED) is 0.715. The molecule has 0 spiro atoms. The van der Waals surface area contributed by atoms with Gasteiger partial charge >= 0.3 is 5.97 Å². The van der Waals surface area contributed by atoms with E-state index in [0.29, 0.717) is 19.7 Å². The molecule has 3 N–H and O–H groups in total. The predicted octanol–water partition coefficient (Wildman–Crippen LogP) is -0.184. The number of carboxylic acids is 1. The number of ether oxygens (including phenoxy) is 1. The van der Waals surface area contributed by atoms with Crippen molar-refractivity contribution in [2.24, 2.45) is 5.73 Å². The van der Waals surface area contributed by atoms with Gasteiger partial charge < -0.3 is 20.5 Å². The van der Waals surface area contributed by atoms with E-state index in [0.717, 1.165) is 12.8 Å². The zero-order valence-corrected chi connectivity index (χ0v) is 10.1. The van der Waals surface area contributed by atoms with Crippen molar-refractivity contribution in [1.29, 1.82) is 0 Å². The van der Waals surface area contributed by atoms with Gasteiger partial charge in [-0.25, -0.2) is 0 Å². The molecular formula is C11H20N2O4. The molecule has 17 heavy (non-hydrogen) atoms. The zero-order valence-electron chi connectivity index (χ0n) is 10.1. The Kier molecular flexibility index (Phi) is 5.37. The molecule has 0 aromatic rings. The minimum Gasteiger partial charge on any atom is -0.481 e. The van der Waals surface area contributed by atoms with Crippen LogP contribution in [0.2, 0.25) is 0 Å². The van der Waals surface area contributed by atoms with Crippen LogP contribution in [0.15, 0.2) is 0 Å². The van der Waals surface area contributed by atoms with Crippen LogP contribution in [-0.2, 0) is 14.3 Å². The van der Waals surface area contributed by atoms with Gasteiger partial charge in [-0.15, -0.1) is 0 Å². The Labute approximate surface area is 101 Å². The molecule has 1 rings (SSSR count). The highest BCUT2D eigenvalue weighted by Gasteiger charge is 2.26. The number of hydrogen-bond acceptors (Lipinski definition) is 4. The number of amides is 1. The summed E-state index contributed by atoms with van der Waals surface area (Å²) >= 11 is 0. The van der Waals surface area contributed by atoms with Gasteiger partial charge in [-0.3, -0.25) is 9.59 Å². The SMILES string of the molecule is CCC1CN(C(=O)C(N)CC(=O)O)CCCO1. The molecule has 2 atom stereocenters. The maximum atomic E-state index is 11.9. The number of carbonyl (C=O) groups is 2. The topological polar surface area (TPSA) is 92.9 Å². The maximum Gasteiger partial charge on any atom is 0.305 e. The smallest absolute Gasteiger partial charge is 0.305 e. The van der Waals surface area contributed by atoms with Gasteiger partial charge in [0.15, 0.2) is 0 Å². The zero-order chi connectivity index (χ0) is 12.8. The standard InChI is InChI=1S/C11H20N2O4/c1-2-8-7-13(4-3-5-17-8)11(16)9(12)6-10(14)15/h8-9H,2-7,12H2,1H3,(H,14,15). The summed E-state index contributed by atoms with van der Waals surface area (Å²) in [5.41, 5.74) is 5.57. The number of nitrogens with zero attached hydrogens (tertiary/aromatic N) is 1. The molecule has 0 aromatic carbocycles. The second kappa shape index (κ2) is 6.56. The summed E-state index contributed by atoms with van der Waals surface area (Å²) in [5, 5.41) is 8.61. The Bertz CT molecular complexity index is 283. The third-order valence-corrected chi connectivity index (χ3v) is 2.83. The van der Waals surface area contributed by atoms with Gasteiger partial charge in [0.1, 0.15) is 0 Å². The molecule has 2 unspecified atom stereocenters. The van der Waals surface area contributed by atoms with Crippen molar-refractivity contribution in [3.63, 3.8) is 0 Å². The van der Waals surface area contributed by atoms with E-state index in [1.807, 2.05) is 6.92 Å². The van der Waals surface area contributed by atoms with Gasteiger partial charge in [-0.05, 0) is 12.8 Å². The van der Waals surface area contributed by atoms with Crippen molar-refractivity contribution in [3.8, 4) is 0 Å². The highest BCUT2D eigenvalue weighted by molar-refractivity contribution is 5.86. The first-order valence-corrected chi connectivity index (χ1v) is 5.92. The lowest BCUT2D eigenvalue weighted by molar-refractivity contribution is -0.142. The van der Waals surface area contributed by atoms with E-state index < -0.39 is 12.0 Å². The Hall–Kier alpha value is -1.14. The monoisotopic (exact) mass is 244 g/mol. The Balaban J connectivity index is 2.56. The lowest BCUT2D eigenvalue weighted by atomic mass is 10.1. The van der Waals surface area contributed by atoms with Crippen molar-refractivity contribution in [1.82, 2.24) is 4.90 Å². The Morgan fingerprint density at radius 1 is 1.59 bits per heavy atom. The summed E-state index contributed by atoms with van der Waals surface area (Å²) in [6, 6.07) is -0.955. The molecule has 0 aliphatic carbocycles. The molecule has 0 bridgehead atoms. The number of hydrogen-bond donors (Lipinski definition) is 2. The summed E-state index contributed by atoms with van der Waals surface area (Å²) in [6.07, 6.45) is 1.30. The summed E-state index contributed by atoms with van der Waals surface area (Å²) in [4.78, 5) is 24.1. The van der Waals surface area contributed by atoms with E-state index in [2.05, 4.69) is 0 Å². The van der Waals surface area contributed by atoms with Gasteiger partial charge in [0.2, 0.25) is 5.91 Å². The molecular weight excluding hydrogens is 224 g/mol. The predicted molar refractivity (Wildman–Crippen MR) is 61.5 cm³/mol. The Morgan fingerprint density at radius 3 is 2.88 bits per heavy atom. The first kappa shape index (κ1) is 13.9. The van der Waals surface area contributed by atoms with E-state index in [9.17, 15) is 9.59 Å². The molecule has 1 heterocycles. The molecule has 1 aliphatic heterocycles. The average molecular weight is 244 g/mol. The minimum atomic E-state index is -1.05. The van der Waals surface area contributed by atoms with Crippen LogP contribution >= 0.6 is 0 Å². The summed E-state index contributed by atoms with van der Waals surface area (Å²) in [7, 11) is 0. The van der Waals surface area contributed by atoms with Gasteiger partial charge in [-0.1, -0.05) is 6.92 Å². The van der Waals surface area contributed by atoms with Crippen LogP contribution in [0.1, 0.15) is 26.2 Å². The first-order chi connectivity index (χ1) is 8.04. The highest BCUT2D eigenvalue weighted by atomic mass is 16.5. The average Bonchev–Trinajstić information content (AvgIpc) is 2.52. The van der Waals surface area contributed by atoms with Crippen molar-refractivity contribution in [3.05, 3.63) is 0 Å². The fourth-order valence-corrected chi connectivity index (χ4v) is 1.85. The van der Waals surface area contributed by atoms with Crippen LogP contribution in [0.4, 0.5) is 0 Å². The fourth-order valence-electron chi connectivity index (χ4n) is 1.85. The number of aliphatic carboxylic acids is 1. The third kappa shape index (κ3) is 4.32. The van der Waals surface area contributed by atoms with Gasteiger partial charge in [0.25, 0.3) is 0 Å². The number of rotatable bonds is 4. The molecule has 6 heteroatoms. The molecule has 1 saturated heterocycles. The van der Waals surface area contributed by atoms with Gasteiger partial charge in [0.05, 0.1) is 18.6 Å². The van der Waals surface area contributed by atoms with Crippen molar-refractivity contribution in [2.45, 2.75) is 38.3 Å². The molecule has 0 radical (unpaired) electrons. The Morgan fingerprint density at radius 2 is 2.29 bits per heavy atom. The van der Waals surface area contributed by atoms with E-state index in [1.54, 1.807) is 4.90 Å². The summed E-state index contributed by atoms with van der Waals surface area (Å²) in [6.45, 7) is 3.72. The van der Waals surface area contributed by atoms with Crippen LogP contribution in [-0.4, -0.2) is 53.7 Å². The van der Waals surface area contributed by atoms with Crippen molar-refractivity contribution < 1.29 is 19.4 Å². The van der Waals surface area contributed by atoms with Crippen LogP contribution < -0.4 is 5.73 Å².